The molecule has 0 saturated carbocycles. The van der Waals surface area contributed by atoms with E-state index in [9.17, 15) is 14.0 Å². The molecule has 0 aliphatic carbocycles. The number of rotatable bonds is 1. The van der Waals surface area contributed by atoms with Crippen molar-refractivity contribution in [3.63, 3.8) is 0 Å². The van der Waals surface area contributed by atoms with Gasteiger partial charge in [-0.1, -0.05) is 39.1 Å². The number of halogens is 4. The molecule has 2 rings (SSSR count). The maximum Gasteiger partial charge on any atom is 0.334 e. The predicted molar refractivity (Wildman–Crippen MR) is 70.3 cm³/mol. The average molecular weight is 354 g/mol. The molecule has 0 fully saturated rings. The standard InChI is InChI=1S/C10H4BrCl2FN2O2/c11-4-1-2-5(12)6(3-4)16-9(17)7(14)8(13)15-10(16)18/h1-3H,(H,15,18). The second-order valence-electron chi connectivity index (χ2n) is 3.29. The van der Waals surface area contributed by atoms with Gasteiger partial charge in [0.1, 0.15) is 0 Å². The first kappa shape index (κ1) is 13.3. The van der Waals surface area contributed by atoms with Gasteiger partial charge in [0, 0.05) is 4.47 Å². The van der Waals surface area contributed by atoms with Crippen LogP contribution in [0.25, 0.3) is 5.69 Å². The molecule has 0 unspecified atom stereocenters. The van der Waals surface area contributed by atoms with Crippen molar-refractivity contribution in [1.29, 1.82) is 0 Å². The van der Waals surface area contributed by atoms with Crippen LogP contribution in [0.1, 0.15) is 0 Å². The Labute approximate surface area is 118 Å². The van der Waals surface area contributed by atoms with Gasteiger partial charge in [-0.15, -0.1) is 0 Å². The third-order valence-corrected chi connectivity index (χ3v) is 3.23. The van der Waals surface area contributed by atoms with Gasteiger partial charge in [0.2, 0.25) is 5.82 Å². The van der Waals surface area contributed by atoms with Gasteiger partial charge in [0.05, 0.1) is 10.7 Å². The minimum Gasteiger partial charge on any atom is -0.295 e. The Kier molecular flexibility index (Phi) is 3.61. The molecule has 0 saturated heterocycles. The third kappa shape index (κ3) is 2.23. The van der Waals surface area contributed by atoms with E-state index in [0.29, 0.717) is 9.04 Å². The normalized spacial score (nSPS) is 10.7. The molecule has 4 nitrogen and oxygen atoms in total. The zero-order valence-electron chi connectivity index (χ0n) is 8.51. The number of hydrogen-bond acceptors (Lipinski definition) is 2. The third-order valence-electron chi connectivity index (χ3n) is 2.15. The van der Waals surface area contributed by atoms with E-state index in [1.54, 1.807) is 6.07 Å². The molecule has 0 aliphatic rings. The number of H-pyrrole nitrogens is 1. The fourth-order valence-electron chi connectivity index (χ4n) is 1.36. The zero-order chi connectivity index (χ0) is 13.4. The summed E-state index contributed by atoms with van der Waals surface area (Å²) in [4.78, 5) is 25.4. The van der Waals surface area contributed by atoms with Crippen molar-refractivity contribution in [3.05, 3.63) is 59.5 Å². The highest BCUT2D eigenvalue weighted by atomic mass is 79.9. The number of aromatic nitrogens is 2. The molecule has 0 spiro atoms. The van der Waals surface area contributed by atoms with Crippen LogP contribution in [-0.4, -0.2) is 9.55 Å². The van der Waals surface area contributed by atoms with Crippen LogP contribution in [0.15, 0.2) is 32.3 Å². The summed E-state index contributed by atoms with van der Waals surface area (Å²) in [5.41, 5.74) is -1.97. The molecule has 18 heavy (non-hydrogen) atoms. The van der Waals surface area contributed by atoms with Gasteiger partial charge in [0.25, 0.3) is 5.56 Å². The predicted octanol–water partition coefficient (Wildman–Crippen LogP) is 2.73. The Morgan fingerprint density at radius 2 is 1.94 bits per heavy atom. The Balaban J connectivity index is 2.88. The van der Waals surface area contributed by atoms with Crippen LogP contribution in [0.5, 0.6) is 0 Å². The van der Waals surface area contributed by atoms with Gasteiger partial charge >= 0.3 is 5.69 Å². The Morgan fingerprint density at radius 3 is 2.61 bits per heavy atom. The molecule has 0 amide bonds. The van der Waals surface area contributed by atoms with Gasteiger partial charge < -0.3 is 0 Å². The molecule has 1 N–H and O–H groups in total. The molecule has 0 aliphatic heterocycles. The molecule has 1 heterocycles. The number of aromatic amines is 1. The molecule has 0 radical (unpaired) electrons. The topological polar surface area (TPSA) is 54.9 Å². The Morgan fingerprint density at radius 1 is 1.28 bits per heavy atom. The zero-order valence-corrected chi connectivity index (χ0v) is 11.6. The first-order valence-corrected chi connectivity index (χ1v) is 6.12. The second-order valence-corrected chi connectivity index (χ2v) is 5.00. The van der Waals surface area contributed by atoms with Crippen LogP contribution in [0.4, 0.5) is 4.39 Å². The largest absolute Gasteiger partial charge is 0.334 e. The van der Waals surface area contributed by atoms with E-state index in [1.165, 1.54) is 12.1 Å². The molecule has 0 bridgehead atoms. The first-order valence-electron chi connectivity index (χ1n) is 4.57. The SMILES string of the molecule is O=c1[nH]c(Cl)c(F)c(=O)n1-c1cc(Br)ccc1Cl. The lowest BCUT2D eigenvalue weighted by Gasteiger charge is -2.07. The lowest BCUT2D eigenvalue weighted by molar-refractivity contribution is 0.584. The molecule has 94 valence electrons. The minimum atomic E-state index is -1.24. The van der Waals surface area contributed by atoms with Crippen LogP contribution in [0.2, 0.25) is 10.2 Å². The van der Waals surface area contributed by atoms with Gasteiger partial charge in [-0.25, -0.2) is 9.36 Å². The quantitative estimate of drug-likeness (QED) is 0.801. The fraction of sp³-hybridized carbons (Fsp3) is 0. The van der Waals surface area contributed by atoms with Crippen molar-refractivity contribution in [2.75, 3.05) is 0 Å². The van der Waals surface area contributed by atoms with Crippen LogP contribution >= 0.6 is 39.1 Å². The van der Waals surface area contributed by atoms with Gasteiger partial charge in [-0.3, -0.25) is 9.78 Å². The van der Waals surface area contributed by atoms with E-state index in [2.05, 4.69) is 15.9 Å². The Bertz CT molecular complexity index is 742. The summed E-state index contributed by atoms with van der Waals surface area (Å²) in [5, 5.41) is -0.500. The molecule has 1 aromatic heterocycles. The van der Waals surface area contributed by atoms with E-state index in [4.69, 9.17) is 23.2 Å². The van der Waals surface area contributed by atoms with Gasteiger partial charge in [0.15, 0.2) is 5.15 Å². The van der Waals surface area contributed by atoms with Gasteiger partial charge in [-0.05, 0) is 18.2 Å². The lowest BCUT2D eigenvalue weighted by atomic mass is 10.3. The molecule has 8 heteroatoms. The number of benzene rings is 1. The van der Waals surface area contributed by atoms with Crippen molar-refractivity contribution in [1.82, 2.24) is 9.55 Å². The van der Waals surface area contributed by atoms with Gasteiger partial charge in [-0.2, -0.15) is 4.39 Å². The van der Waals surface area contributed by atoms with E-state index in [-0.39, 0.29) is 10.7 Å². The highest BCUT2D eigenvalue weighted by Crippen LogP contribution is 2.22. The van der Waals surface area contributed by atoms with Crippen LogP contribution in [-0.2, 0) is 0 Å². The summed E-state index contributed by atoms with van der Waals surface area (Å²) in [6.45, 7) is 0. The maximum atomic E-state index is 13.4. The van der Waals surface area contributed by atoms with Crippen molar-refractivity contribution >= 4 is 39.1 Å². The number of nitrogens with zero attached hydrogens (tertiary/aromatic N) is 1. The van der Waals surface area contributed by atoms with Crippen molar-refractivity contribution in [2.45, 2.75) is 0 Å². The lowest BCUT2D eigenvalue weighted by Crippen LogP contribution is -2.36. The molecular formula is C10H4BrCl2FN2O2. The average Bonchev–Trinajstić information content (AvgIpc) is 2.31. The second kappa shape index (κ2) is 4.87. The molecular weight excluding hydrogens is 350 g/mol. The molecule has 0 atom stereocenters. The molecule has 2 aromatic rings. The summed E-state index contributed by atoms with van der Waals surface area (Å²) in [6.07, 6.45) is 0. The van der Waals surface area contributed by atoms with Crippen LogP contribution in [0, 0.1) is 5.82 Å². The van der Waals surface area contributed by atoms with Crippen molar-refractivity contribution < 1.29 is 4.39 Å². The summed E-state index contributed by atoms with van der Waals surface area (Å²) in [6, 6.07) is 4.52. The van der Waals surface area contributed by atoms with Crippen LogP contribution < -0.4 is 11.2 Å². The molecule has 1 aromatic carbocycles. The van der Waals surface area contributed by atoms with E-state index in [0.717, 1.165) is 0 Å². The smallest absolute Gasteiger partial charge is 0.295 e. The minimum absolute atomic E-state index is 0.0628. The summed E-state index contributed by atoms with van der Waals surface area (Å²) in [5.74, 6) is -1.24. The number of hydrogen-bond donors (Lipinski definition) is 1. The summed E-state index contributed by atoms with van der Waals surface area (Å²) in [7, 11) is 0. The summed E-state index contributed by atoms with van der Waals surface area (Å²) < 4.78 is 14.6. The highest BCUT2D eigenvalue weighted by Gasteiger charge is 2.15. The van der Waals surface area contributed by atoms with E-state index >= 15 is 0 Å². The first-order chi connectivity index (χ1) is 8.41. The monoisotopic (exact) mass is 352 g/mol. The summed E-state index contributed by atoms with van der Waals surface area (Å²) >= 11 is 14.4. The maximum absolute atomic E-state index is 13.4. The van der Waals surface area contributed by atoms with E-state index in [1.807, 2.05) is 4.98 Å². The van der Waals surface area contributed by atoms with Crippen LogP contribution in [0.3, 0.4) is 0 Å². The van der Waals surface area contributed by atoms with E-state index < -0.39 is 22.2 Å². The number of nitrogens with one attached hydrogen (secondary N) is 1. The Hall–Kier alpha value is -1.11. The fourth-order valence-corrected chi connectivity index (χ4v) is 2.08. The highest BCUT2D eigenvalue weighted by molar-refractivity contribution is 9.10. The van der Waals surface area contributed by atoms with Crippen molar-refractivity contribution in [3.8, 4) is 5.69 Å². The van der Waals surface area contributed by atoms with Crippen molar-refractivity contribution in [2.24, 2.45) is 0 Å².